The number of sulfonamides is 1. The van der Waals surface area contributed by atoms with Crippen molar-refractivity contribution in [2.75, 3.05) is 0 Å². The van der Waals surface area contributed by atoms with E-state index in [4.69, 9.17) is 21.5 Å². The molecule has 0 amide bonds. The molecule has 0 fully saturated rings. The summed E-state index contributed by atoms with van der Waals surface area (Å²) < 4.78 is 55.7. The number of hydrogen-bond acceptors (Lipinski definition) is 4. The van der Waals surface area contributed by atoms with E-state index >= 15 is 0 Å². The maximum Gasteiger partial charge on any atom is 0.239 e. The minimum atomic E-state index is -4.03. The molecule has 1 aliphatic rings. The lowest BCUT2D eigenvalue weighted by Gasteiger charge is -2.18. The first-order chi connectivity index (χ1) is 12.4. The van der Waals surface area contributed by atoms with Gasteiger partial charge in [-0.3, -0.25) is 4.79 Å². The molecule has 2 aromatic carbocycles. The number of Topliss-reactive ketones (excluding diaryl/α,β-unsaturated/α-hetero) is 1. The summed E-state index contributed by atoms with van der Waals surface area (Å²) in [5.74, 6) is -2.51. The van der Waals surface area contributed by atoms with Crippen LogP contribution in [0.3, 0.4) is 0 Å². The Labute approximate surface area is 159 Å². The van der Waals surface area contributed by atoms with E-state index < -0.39 is 33.0 Å². The summed E-state index contributed by atoms with van der Waals surface area (Å²) in [6.07, 6.45) is 0. The molecule has 0 saturated carbocycles. The van der Waals surface area contributed by atoms with Gasteiger partial charge >= 0.3 is 0 Å². The van der Waals surface area contributed by atoms with Crippen LogP contribution in [0.1, 0.15) is 25.0 Å². The van der Waals surface area contributed by atoms with Gasteiger partial charge < -0.3 is 4.74 Å². The molecule has 9 heteroatoms. The first kappa shape index (κ1) is 19.5. The Kier molecular flexibility index (Phi) is 4.62. The lowest BCUT2D eigenvalue weighted by molar-refractivity contribution is -0.125. The van der Waals surface area contributed by atoms with Gasteiger partial charge in [0, 0.05) is 5.56 Å². The van der Waals surface area contributed by atoms with E-state index in [1.165, 1.54) is 38.1 Å². The molecule has 2 aromatic rings. The quantitative estimate of drug-likeness (QED) is 0.834. The normalized spacial score (nSPS) is 16.6. The maximum absolute atomic E-state index is 13.7. The minimum Gasteiger partial charge on any atom is -0.478 e. The number of carbonyl (C=O) groups is 1. The molecule has 1 heterocycles. The second-order valence-corrected chi connectivity index (χ2v) is 8.40. The van der Waals surface area contributed by atoms with Crippen LogP contribution in [0.4, 0.5) is 8.78 Å². The fraction of sp³-hybridized carbons (Fsp3) is 0.167. The van der Waals surface area contributed by atoms with Crippen molar-refractivity contribution >= 4 is 38.7 Å². The summed E-state index contributed by atoms with van der Waals surface area (Å²) in [5, 5.41) is 4.93. The van der Waals surface area contributed by atoms with Crippen LogP contribution in [-0.2, 0) is 19.6 Å². The highest BCUT2D eigenvalue weighted by Gasteiger charge is 2.43. The van der Waals surface area contributed by atoms with Crippen LogP contribution in [0.2, 0.25) is 5.02 Å². The number of nitrogens with two attached hydrogens (primary N) is 1. The smallest absolute Gasteiger partial charge is 0.239 e. The van der Waals surface area contributed by atoms with Gasteiger partial charge in [-0.25, -0.2) is 22.3 Å². The molecule has 0 saturated heterocycles. The molecule has 2 N–H and O–H groups in total. The van der Waals surface area contributed by atoms with Crippen molar-refractivity contribution in [3.8, 4) is 0 Å². The fourth-order valence-corrected chi connectivity index (χ4v) is 3.84. The first-order valence-corrected chi connectivity index (χ1v) is 9.60. The van der Waals surface area contributed by atoms with Crippen LogP contribution in [0.5, 0.6) is 0 Å². The van der Waals surface area contributed by atoms with Gasteiger partial charge in [0.05, 0.1) is 10.6 Å². The molecule has 0 spiro atoms. The number of ketones is 1. The minimum absolute atomic E-state index is 0.0401. The van der Waals surface area contributed by atoms with Crippen molar-refractivity contribution in [2.45, 2.75) is 24.3 Å². The molecule has 142 valence electrons. The van der Waals surface area contributed by atoms with Crippen LogP contribution in [0.15, 0.2) is 41.3 Å². The number of benzene rings is 2. The van der Waals surface area contributed by atoms with E-state index in [0.717, 1.165) is 12.1 Å². The number of ether oxygens (including phenoxy) is 1. The standard InChI is InChI=1S/C18H14ClF2NO4S/c1-18(2)17(23)15(9-3-5-12(20)13(21)8-9)16(26-18)10-4-6-14(11(19)7-10)27(22,24)25/h3-8H,1-2H3,(H2,22,24,25). The number of hydrogen-bond donors (Lipinski definition) is 1. The van der Waals surface area contributed by atoms with Gasteiger partial charge in [0.1, 0.15) is 10.7 Å². The Morgan fingerprint density at radius 2 is 1.67 bits per heavy atom. The van der Waals surface area contributed by atoms with Crippen molar-refractivity contribution in [1.82, 2.24) is 0 Å². The van der Waals surface area contributed by atoms with E-state index in [2.05, 4.69) is 0 Å². The van der Waals surface area contributed by atoms with Crippen molar-refractivity contribution < 1.29 is 26.7 Å². The van der Waals surface area contributed by atoms with Gasteiger partial charge in [-0.05, 0) is 49.7 Å². The highest BCUT2D eigenvalue weighted by molar-refractivity contribution is 7.89. The van der Waals surface area contributed by atoms with Crippen LogP contribution in [0.25, 0.3) is 11.3 Å². The van der Waals surface area contributed by atoms with Gasteiger partial charge in [0.2, 0.25) is 15.8 Å². The first-order valence-electron chi connectivity index (χ1n) is 7.68. The topological polar surface area (TPSA) is 86.5 Å². The number of carbonyl (C=O) groups excluding carboxylic acids is 1. The van der Waals surface area contributed by atoms with Crippen molar-refractivity contribution in [2.24, 2.45) is 5.14 Å². The lowest BCUT2D eigenvalue weighted by Crippen LogP contribution is -2.29. The van der Waals surface area contributed by atoms with E-state index in [9.17, 15) is 22.0 Å². The van der Waals surface area contributed by atoms with Gasteiger partial charge in [0.15, 0.2) is 17.2 Å². The summed E-state index contributed by atoms with van der Waals surface area (Å²) in [4.78, 5) is 12.5. The van der Waals surface area contributed by atoms with Crippen LogP contribution in [0, 0.1) is 11.6 Å². The summed E-state index contributed by atoms with van der Waals surface area (Å²) in [6.45, 7) is 3.06. The molecule has 1 aliphatic heterocycles. The molecule has 0 unspecified atom stereocenters. The Balaban J connectivity index is 2.23. The van der Waals surface area contributed by atoms with Crippen molar-refractivity contribution in [1.29, 1.82) is 0 Å². The van der Waals surface area contributed by atoms with Crippen LogP contribution < -0.4 is 5.14 Å². The second-order valence-electron chi connectivity index (χ2n) is 6.46. The molecule has 0 radical (unpaired) electrons. The van der Waals surface area contributed by atoms with Crippen LogP contribution >= 0.6 is 11.6 Å². The van der Waals surface area contributed by atoms with Gasteiger partial charge in [-0.15, -0.1) is 0 Å². The fourth-order valence-electron chi connectivity index (χ4n) is 2.75. The number of rotatable bonds is 3. The third-order valence-corrected chi connectivity index (χ3v) is 5.46. The van der Waals surface area contributed by atoms with Crippen molar-refractivity contribution in [3.63, 3.8) is 0 Å². The van der Waals surface area contributed by atoms with Gasteiger partial charge in [-0.1, -0.05) is 17.7 Å². The van der Waals surface area contributed by atoms with Gasteiger partial charge in [-0.2, -0.15) is 0 Å². The summed E-state index contributed by atoms with van der Waals surface area (Å²) in [5.41, 5.74) is -0.781. The second kappa shape index (κ2) is 6.40. The molecule has 5 nitrogen and oxygen atoms in total. The molecular weight excluding hydrogens is 400 g/mol. The number of halogens is 3. The van der Waals surface area contributed by atoms with E-state index in [0.29, 0.717) is 5.56 Å². The van der Waals surface area contributed by atoms with E-state index in [1.807, 2.05) is 0 Å². The monoisotopic (exact) mass is 413 g/mol. The molecule has 27 heavy (non-hydrogen) atoms. The van der Waals surface area contributed by atoms with Crippen LogP contribution in [-0.4, -0.2) is 19.8 Å². The maximum atomic E-state index is 13.7. The molecule has 0 bridgehead atoms. The zero-order valence-electron chi connectivity index (χ0n) is 14.2. The zero-order chi connectivity index (χ0) is 20.1. The lowest BCUT2D eigenvalue weighted by atomic mass is 9.92. The van der Waals surface area contributed by atoms with E-state index in [-0.39, 0.29) is 26.8 Å². The third kappa shape index (κ3) is 3.47. The molecule has 3 rings (SSSR count). The molecular formula is C18H14ClF2NO4S. The SMILES string of the molecule is CC1(C)OC(c2ccc(S(N)(=O)=O)c(Cl)c2)=C(c2ccc(F)c(F)c2)C1=O. The Morgan fingerprint density at radius 1 is 1.04 bits per heavy atom. The predicted octanol–water partition coefficient (Wildman–Crippen LogP) is 3.51. The molecule has 0 aromatic heterocycles. The predicted molar refractivity (Wildman–Crippen MR) is 96.2 cm³/mol. The van der Waals surface area contributed by atoms with Gasteiger partial charge in [0.25, 0.3) is 0 Å². The van der Waals surface area contributed by atoms with E-state index in [1.54, 1.807) is 0 Å². The zero-order valence-corrected chi connectivity index (χ0v) is 15.8. The highest BCUT2D eigenvalue weighted by Crippen LogP contribution is 2.42. The third-order valence-electron chi connectivity index (χ3n) is 4.07. The van der Waals surface area contributed by atoms with Crippen molar-refractivity contribution in [3.05, 3.63) is 64.2 Å². The number of primary sulfonamides is 1. The highest BCUT2D eigenvalue weighted by atomic mass is 35.5. The Morgan fingerprint density at radius 3 is 2.22 bits per heavy atom. The average molecular weight is 414 g/mol. The largest absolute Gasteiger partial charge is 0.478 e. The Hall–Kier alpha value is -2.29. The average Bonchev–Trinajstić information content (AvgIpc) is 2.79. The summed E-state index contributed by atoms with van der Waals surface area (Å²) >= 11 is 6.01. The Bertz CT molecular complexity index is 1110. The summed E-state index contributed by atoms with van der Waals surface area (Å²) in [7, 11) is -4.03. The summed E-state index contributed by atoms with van der Waals surface area (Å²) in [6, 6.07) is 6.90. The molecule has 0 aliphatic carbocycles. The molecule has 0 atom stereocenters.